The van der Waals surface area contributed by atoms with Gasteiger partial charge in [0, 0.05) is 63.8 Å². The quantitative estimate of drug-likeness (QED) is 0.223. The summed E-state index contributed by atoms with van der Waals surface area (Å²) in [5.74, 6) is 0.863. The SMILES string of the molecule is CN=C(NCCCN1CCN(c2ccccc2Cl)CC1)NCCc1ncc(C)s1.I. The number of halogens is 2. The van der Waals surface area contributed by atoms with Gasteiger partial charge >= 0.3 is 0 Å². The summed E-state index contributed by atoms with van der Waals surface area (Å²) in [4.78, 5) is 14.9. The minimum absolute atomic E-state index is 0. The van der Waals surface area contributed by atoms with Crippen molar-refractivity contribution in [3.05, 3.63) is 45.4 Å². The Bertz CT molecular complexity index is 791. The molecule has 1 saturated heterocycles. The lowest BCUT2D eigenvalue weighted by molar-refractivity contribution is 0.255. The third-order valence-electron chi connectivity index (χ3n) is 5.03. The number of benzene rings is 1. The summed E-state index contributed by atoms with van der Waals surface area (Å²) in [6.07, 6.45) is 3.95. The van der Waals surface area contributed by atoms with E-state index in [1.54, 1.807) is 11.3 Å². The van der Waals surface area contributed by atoms with Gasteiger partial charge in [-0.1, -0.05) is 23.7 Å². The number of guanidine groups is 1. The van der Waals surface area contributed by atoms with Crippen LogP contribution in [-0.2, 0) is 6.42 Å². The lowest BCUT2D eigenvalue weighted by Crippen LogP contribution is -2.47. The van der Waals surface area contributed by atoms with E-state index in [1.165, 1.54) is 9.88 Å². The molecular weight excluding hydrogens is 531 g/mol. The first-order valence-corrected chi connectivity index (χ1v) is 11.4. The Morgan fingerprint density at radius 2 is 1.90 bits per heavy atom. The molecule has 30 heavy (non-hydrogen) atoms. The summed E-state index contributed by atoms with van der Waals surface area (Å²) < 4.78 is 0. The topological polar surface area (TPSA) is 55.8 Å². The van der Waals surface area contributed by atoms with Crippen molar-refractivity contribution in [2.75, 3.05) is 57.8 Å². The van der Waals surface area contributed by atoms with Crippen LogP contribution in [0, 0.1) is 6.92 Å². The molecule has 0 amide bonds. The van der Waals surface area contributed by atoms with Crippen molar-refractivity contribution in [2.45, 2.75) is 19.8 Å². The number of aryl methyl sites for hydroxylation is 1. The van der Waals surface area contributed by atoms with Crippen molar-refractivity contribution in [3.63, 3.8) is 0 Å². The summed E-state index contributed by atoms with van der Waals surface area (Å²) in [5.41, 5.74) is 1.15. The second kappa shape index (κ2) is 13.3. The van der Waals surface area contributed by atoms with Crippen LogP contribution in [0.25, 0.3) is 0 Å². The van der Waals surface area contributed by atoms with Gasteiger partial charge in [-0.2, -0.15) is 0 Å². The number of aliphatic imine (C=N–C) groups is 1. The van der Waals surface area contributed by atoms with Gasteiger partial charge in [-0.05, 0) is 32.0 Å². The van der Waals surface area contributed by atoms with Crippen LogP contribution in [-0.4, -0.2) is 68.7 Å². The molecule has 1 fully saturated rings. The van der Waals surface area contributed by atoms with Crippen LogP contribution in [0.3, 0.4) is 0 Å². The first-order valence-electron chi connectivity index (χ1n) is 10.2. The monoisotopic (exact) mass is 562 g/mol. The second-order valence-electron chi connectivity index (χ2n) is 7.17. The van der Waals surface area contributed by atoms with Gasteiger partial charge in [0.25, 0.3) is 0 Å². The Hall–Kier alpha value is -1.10. The number of aromatic nitrogens is 1. The summed E-state index contributed by atoms with van der Waals surface area (Å²) in [6.45, 7) is 9.14. The molecule has 1 aromatic heterocycles. The van der Waals surface area contributed by atoms with Gasteiger partial charge in [0.05, 0.1) is 15.7 Å². The third kappa shape index (κ3) is 7.86. The average Bonchev–Trinajstić information content (AvgIpc) is 3.15. The number of nitrogens with one attached hydrogen (secondary N) is 2. The molecule has 0 spiro atoms. The molecule has 3 rings (SSSR count). The number of piperazine rings is 1. The van der Waals surface area contributed by atoms with Crippen LogP contribution in [0.2, 0.25) is 5.02 Å². The molecule has 0 unspecified atom stereocenters. The molecule has 1 aromatic carbocycles. The highest BCUT2D eigenvalue weighted by Gasteiger charge is 2.18. The van der Waals surface area contributed by atoms with Gasteiger partial charge in [0.15, 0.2) is 5.96 Å². The highest BCUT2D eigenvalue weighted by atomic mass is 127. The van der Waals surface area contributed by atoms with Gasteiger partial charge < -0.3 is 15.5 Å². The molecule has 166 valence electrons. The van der Waals surface area contributed by atoms with E-state index in [2.05, 4.69) is 49.5 Å². The van der Waals surface area contributed by atoms with Gasteiger partial charge in [-0.15, -0.1) is 35.3 Å². The van der Waals surface area contributed by atoms with Crippen molar-refractivity contribution in [2.24, 2.45) is 4.99 Å². The fourth-order valence-corrected chi connectivity index (χ4v) is 4.50. The van der Waals surface area contributed by atoms with Crippen LogP contribution < -0.4 is 15.5 Å². The normalized spacial score (nSPS) is 15.0. The van der Waals surface area contributed by atoms with Crippen molar-refractivity contribution in [3.8, 4) is 0 Å². The zero-order valence-electron chi connectivity index (χ0n) is 17.7. The molecule has 0 bridgehead atoms. The smallest absolute Gasteiger partial charge is 0.190 e. The number of hydrogen-bond acceptors (Lipinski definition) is 5. The fourth-order valence-electron chi connectivity index (χ4n) is 3.46. The number of nitrogens with zero attached hydrogens (tertiary/aromatic N) is 4. The minimum atomic E-state index is 0. The maximum absolute atomic E-state index is 6.33. The maximum Gasteiger partial charge on any atom is 0.190 e. The molecule has 0 atom stereocenters. The lowest BCUT2D eigenvalue weighted by atomic mass is 10.2. The maximum atomic E-state index is 6.33. The minimum Gasteiger partial charge on any atom is -0.368 e. The van der Waals surface area contributed by atoms with E-state index in [9.17, 15) is 0 Å². The molecule has 1 aliphatic rings. The Morgan fingerprint density at radius 3 is 2.57 bits per heavy atom. The Morgan fingerprint density at radius 1 is 1.17 bits per heavy atom. The molecular formula is C21H32ClIN6S. The van der Waals surface area contributed by atoms with Gasteiger partial charge in [-0.3, -0.25) is 9.89 Å². The van der Waals surface area contributed by atoms with Crippen LogP contribution in [0.4, 0.5) is 5.69 Å². The number of rotatable bonds is 8. The summed E-state index contributed by atoms with van der Waals surface area (Å²) in [6, 6.07) is 8.11. The van der Waals surface area contributed by atoms with E-state index in [0.717, 1.165) is 75.3 Å². The van der Waals surface area contributed by atoms with E-state index in [0.29, 0.717) is 0 Å². The highest BCUT2D eigenvalue weighted by molar-refractivity contribution is 14.0. The number of anilines is 1. The summed E-state index contributed by atoms with van der Waals surface area (Å²) in [7, 11) is 1.82. The van der Waals surface area contributed by atoms with Crippen LogP contribution in [0.5, 0.6) is 0 Å². The van der Waals surface area contributed by atoms with Crippen molar-refractivity contribution in [1.29, 1.82) is 0 Å². The standard InChI is InChI=1S/C21H31ClN6S.HI/c1-17-16-26-20(29-17)8-10-25-21(23-2)24-9-5-11-27-12-14-28(15-13-27)19-7-4-3-6-18(19)22;/h3-4,6-7,16H,5,8-15H2,1-2H3,(H2,23,24,25);1H. The average molecular weight is 563 g/mol. The van der Waals surface area contributed by atoms with Crippen molar-refractivity contribution in [1.82, 2.24) is 20.5 Å². The number of hydrogen-bond donors (Lipinski definition) is 2. The molecule has 0 aliphatic carbocycles. The summed E-state index contributed by atoms with van der Waals surface area (Å²) in [5, 5.41) is 8.79. The molecule has 2 aromatic rings. The first kappa shape index (κ1) is 25.2. The van der Waals surface area contributed by atoms with E-state index < -0.39 is 0 Å². The van der Waals surface area contributed by atoms with Gasteiger partial charge in [0.2, 0.25) is 0 Å². The van der Waals surface area contributed by atoms with Crippen LogP contribution >= 0.6 is 46.9 Å². The van der Waals surface area contributed by atoms with Crippen molar-refractivity contribution >= 4 is 58.6 Å². The largest absolute Gasteiger partial charge is 0.368 e. The molecule has 0 radical (unpaired) electrons. The molecule has 0 saturated carbocycles. The number of para-hydroxylation sites is 1. The Labute approximate surface area is 206 Å². The van der Waals surface area contributed by atoms with E-state index >= 15 is 0 Å². The predicted octanol–water partition coefficient (Wildman–Crippen LogP) is 3.64. The summed E-state index contributed by atoms with van der Waals surface area (Å²) >= 11 is 8.08. The van der Waals surface area contributed by atoms with E-state index in [1.807, 2.05) is 25.4 Å². The fraction of sp³-hybridized carbons (Fsp3) is 0.524. The zero-order chi connectivity index (χ0) is 20.5. The molecule has 9 heteroatoms. The predicted molar refractivity (Wildman–Crippen MR) is 140 cm³/mol. The van der Waals surface area contributed by atoms with Gasteiger partial charge in [0.1, 0.15) is 0 Å². The first-order chi connectivity index (χ1) is 14.2. The van der Waals surface area contributed by atoms with Gasteiger partial charge in [-0.25, -0.2) is 4.98 Å². The second-order valence-corrected chi connectivity index (χ2v) is 8.90. The van der Waals surface area contributed by atoms with Crippen molar-refractivity contribution < 1.29 is 0 Å². The number of thiazole rings is 1. The molecule has 1 aliphatic heterocycles. The van der Waals surface area contributed by atoms with Crippen LogP contribution in [0.1, 0.15) is 16.3 Å². The van der Waals surface area contributed by atoms with Crippen LogP contribution in [0.15, 0.2) is 35.5 Å². The lowest BCUT2D eigenvalue weighted by Gasteiger charge is -2.36. The molecule has 2 N–H and O–H groups in total. The molecule has 2 heterocycles. The zero-order valence-corrected chi connectivity index (χ0v) is 21.6. The third-order valence-corrected chi connectivity index (χ3v) is 6.33. The Balaban J connectivity index is 0.00000320. The van der Waals surface area contributed by atoms with E-state index in [4.69, 9.17) is 11.6 Å². The Kier molecular flexibility index (Phi) is 11.2. The highest BCUT2D eigenvalue weighted by Crippen LogP contribution is 2.25. The van der Waals surface area contributed by atoms with E-state index in [-0.39, 0.29) is 24.0 Å². The molecule has 6 nitrogen and oxygen atoms in total.